The molecule has 4 heteroatoms. The highest BCUT2D eigenvalue weighted by molar-refractivity contribution is 7.99. The Morgan fingerprint density at radius 2 is 2.36 bits per heavy atom. The van der Waals surface area contributed by atoms with Crippen molar-refractivity contribution in [3.63, 3.8) is 0 Å². The Morgan fingerprint density at radius 3 is 3.00 bits per heavy atom. The highest BCUT2D eigenvalue weighted by Gasteiger charge is 2.01. The third kappa shape index (κ3) is 4.82. The second-order valence-electron chi connectivity index (χ2n) is 3.27. The van der Waals surface area contributed by atoms with Gasteiger partial charge in [0.1, 0.15) is 6.33 Å². The lowest BCUT2D eigenvalue weighted by molar-refractivity contribution is 0.552. The van der Waals surface area contributed by atoms with E-state index in [-0.39, 0.29) is 0 Å². The molecule has 0 bridgehead atoms. The van der Waals surface area contributed by atoms with E-state index in [1.165, 1.54) is 6.42 Å². The molecule has 0 spiro atoms. The molecule has 0 N–H and O–H groups in total. The summed E-state index contributed by atoms with van der Waals surface area (Å²) in [7, 11) is 0. The number of aromatic nitrogens is 2. The minimum atomic E-state index is 0.710. The lowest BCUT2D eigenvalue weighted by atomic mass is 10.1. The van der Waals surface area contributed by atoms with Crippen molar-refractivity contribution in [3.05, 3.63) is 18.6 Å². The van der Waals surface area contributed by atoms with Gasteiger partial charge in [0.05, 0.1) is 5.03 Å². The van der Waals surface area contributed by atoms with Crippen molar-refractivity contribution in [1.82, 2.24) is 9.97 Å². The second-order valence-corrected chi connectivity index (χ2v) is 4.76. The average molecular weight is 231 g/mol. The van der Waals surface area contributed by atoms with Gasteiger partial charge >= 0.3 is 0 Å². The number of rotatable bonds is 6. The van der Waals surface area contributed by atoms with E-state index in [4.69, 9.17) is 11.6 Å². The average Bonchev–Trinajstić information content (AvgIpc) is 2.20. The van der Waals surface area contributed by atoms with Crippen LogP contribution in [0.5, 0.6) is 0 Å². The molecule has 0 aromatic carbocycles. The smallest absolute Gasteiger partial charge is 0.116 e. The summed E-state index contributed by atoms with van der Waals surface area (Å²) < 4.78 is 0. The summed E-state index contributed by atoms with van der Waals surface area (Å²) in [5.41, 5.74) is 0. The monoisotopic (exact) mass is 230 g/mol. The lowest BCUT2D eigenvalue weighted by Crippen LogP contribution is -1.97. The predicted octanol–water partition coefficient (Wildman–Crippen LogP) is 3.22. The molecule has 0 saturated heterocycles. The van der Waals surface area contributed by atoms with Crippen LogP contribution in [0.15, 0.2) is 23.6 Å². The first kappa shape index (κ1) is 11.8. The molecule has 0 aliphatic carbocycles. The van der Waals surface area contributed by atoms with Gasteiger partial charge in [0.15, 0.2) is 0 Å². The second kappa shape index (κ2) is 7.07. The van der Waals surface area contributed by atoms with Crippen LogP contribution in [0.1, 0.15) is 19.8 Å². The highest BCUT2D eigenvalue weighted by Crippen LogP contribution is 2.18. The first-order valence-electron chi connectivity index (χ1n) is 4.77. The highest BCUT2D eigenvalue weighted by atomic mass is 35.5. The molecule has 1 atom stereocenters. The van der Waals surface area contributed by atoms with Gasteiger partial charge in [-0.2, -0.15) is 0 Å². The summed E-state index contributed by atoms with van der Waals surface area (Å²) in [5, 5.41) is 1.05. The van der Waals surface area contributed by atoms with Crippen molar-refractivity contribution in [2.45, 2.75) is 24.8 Å². The van der Waals surface area contributed by atoms with E-state index in [0.29, 0.717) is 5.92 Å². The van der Waals surface area contributed by atoms with Gasteiger partial charge in [-0.3, -0.25) is 0 Å². The Kier molecular flexibility index (Phi) is 5.96. The van der Waals surface area contributed by atoms with E-state index < -0.39 is 0 Å². The molecule has 1 aromatic heterocycles. The molecule has 1 unspecified atom stereocenters. The van der Waals surface area contributed by atoms with E-state index in [0.717, 1.165) is 23.1 Å². The van der Waals surface area contributed by atoms with Crippen molar-refractivity contribution in [2.24, 2.45) is 5.92 Å². The van der Waals surface area contributed by atoms with Crippen LogP contribution in [-0.2, 0) is 0 Å². The summed E-state index contributed by atoms with van der Waals surface area (Å²) in [4.78, 5) is 8.02. The first-order valence-corrected chi connectivity index (χ1v) is 6.29. The van der Waals surface area contributed by atoms with Gasteiger partial charge in [0, 0.05) is 12.1 Å². The SMILES string of the molecule is CC(CCCl)CCSc1ccncn1. The zero-order valence-corrected chi connectivity index (χ0v) is 9.89. The zero-order chi connectivity index (χ0) is 10.2. The van der Waals surface area contributed by atoms with Gasteiger partial charge < -0.3 is 0 Å². The summed E-state index contributed by atoms with van der Waals surface area (Å²) in [6.45, 7) is 2.24. The first-order chi connectivity index (χ1) is 6.83. The fourth-order valence-electron chi connectivity index (χ4n) is 1.06. The molecule has 0 fully saturated rings. The van der Waals surface area contributed by atoms with Crippen molar-refractivity contribution >= 4 is 23.4 Å². The molecule has 0 aliphatic rings. The van der Waals surface area contributed by atoms with Gasteiger partial charge in [0.2, 0.25) is 0 Å². The summed E-state index contributed by atoms with van der Waals surface area (Å²) in [5.74, 6) is 2.58. The van der Waals surface area contributed by atoms with Crippen LogP contribution < -0.4 is 0 Å². The van der Waals surface area contributed by atoms with Crippen LogP contribution in [0, 0.1) is 5.92 Å². The predicted molar refractivity (Wildman–Crippen MR) is 61.9 cm³/mol. The quantitative estimate of drug-likeness (QED) is 0.426. The molecule has 0 radical (unpaired) electrons. The number of thioether (sulfide) groups is 1. The molecule has 14 heavy (non-hydrogen) atoms. The largest absolute Gasteiger partial charge is 0.245 e. The Morgan fingerprint density at radius 1 is 1.50 bits per heavy atom. The van der Waals surface area contributed by atoms with Gasteiger partial charge in [-0.15, -0.1) is 23.4 Å². The topological polar surface area (TPSA) is 25.8 Å². The van der Waals surface area contributed by atoms with Gasteiger partial charge in [-0.25, -0.2) is 9.97 Å². The maximum atomic E-state index is 5.66. The minimum absolute atomic E-state index is 0.710. The van der Waals surface area contributed by atoms with Crippen molar-refractivity contribution in [3.8, 4) is 0 Å². The number of halogens is 1. The molecular weight excluding hydrogens is 216 g/mol. The summed E-state index contributed by atoms with van der Waals surface area (Å²) in [6, 6.07) is 1.94. The van der Waals surface area contributed by atoms with Crippen LogP contribution in [0.4, 0.5) is 0 Å². The van der Waals surface area contributed by atoms with Gasteiger partial charge in [-0.1, -0.05) is 6.92 Å². The molecule has 1 aromatic rings. The van der Waals surface area contributed by atoms with E-state index in [1.54, 1.807) is 24.3 Å². The third-order valence-electron chi connectivity index (χ3n) is 2.02. The van der Waals surface area contributed by atoms with E-state index >= 15 is 0 Å². The lowest BCUT2D eigenvalue weighted by Gasteiger charge is -2.07. The normalized spacial score (nSPS) is 12.7. The Balaban J connectivity index is 2.16. The molecule has 0 amide bonds. The molecule has 1 rings (SSSR count). The Labute approximate surface area is 94.5 Å². The number of nitrogens with zero attached hydrogens (tertiary/aromatic N) is 2. The van der Waals surface area contributed by atoms with E-state index in [9.17, 15) is 0 Å². The van der Waals surface area contributed by atoms with Crippen LogP contribution in [0.3, 0.4) is 0 Å². The van der Waals surface area contributed by atoms with E-state index in [1.807, 2.05) is 6.07 Å². The van der Waals surface area contributed by atoms with Crippen LogP contribution in [0.25, 0.3) is 0 Å². The number of hydrogen-bond donors (Lipinski definition) is 0. The summed E-state index contributed by atoms with van der Waals surface area (Å²) in [6.07, 6.45) is 5.66. The Bertz CT molecular complexity index is 243. The minimum Gasteiger partial charge on any atom is -0.245 e. The molecular formula is C10H15ClN2S. The number of alkyl halides is 1. The van der Waals surface area contributed by atoms with Gasteiger partial charge in [-0.05, 0) is 30.6 Å². The molecule has 0 saturated carbocycles. The molecule has 1 heterocycles. The van der Waals surface area contributed by atoms with Gasteiger partial charge in [0.25, 0.3) is 0 Å². The van der Waals surface area contributed by atoms with Crippen LogP contribution in [0.2, 0.25) is 0 Å². The maximum absolute atomic E-state index is 5.66. The van der Waals surface area contributed by atoms with E-state index in [2.05, 4.69) is 16.9 Å². The maximum Gasteiger partial charge on any atom is 0.116 e. The molecule has 0 aliphatic heterocycles. The van der Waals surface area contributed by atoms with Crippen molar-refractivity contribution in [1.29, 1.82) is 0 Å². The van der Waals surface area contributed by atoms with Crippen molar-refractivity contribution in [2.75, 3.05) is 11.6 Å². The van der Waals surface area contributed by atoms with Crippen molar-refractivity contribution < 1.29 is 0 Å². The standard InChI is InChI=1S/C10H15ClN2S/c1-9(2-5-11)4-7-14-10-3-6-12-8-13-10/h3,6,8-9H,2,4-5,7H2,1H3. The van der Waals surface area contributed by atoms with Crippen LogP contribution in [-0.4, -0.2) is 21.6 Å². The molecule has 78 valence electrons. The number of hydrogen-bond acceptors (Lipinski definition) is 3. The fraction of sp³-hybridized carbons (Fsp3) is 0.600. The van der Waals surface area contributed by atoms with Crippen LogP contribution >= 0.6 is 23.4 Å². The fourth-order valence-corrected chi connectivity index (χ4v) is 2.44. The zero-order valence-electron chi connectivity index (χ0n) is 8.32. The summed E-state index contributed by atoms with van der Waals surface area (Å²) >= 11 is 7.45. The third-order valence-corrected chi connectivity index (χ3v) is 3.21. The molecule has 2 nitrogen and oxygen atoms in total. The Hall–Kier alpha value is -0.280.